The van der Waals surface area contributed by atoms with Crippen LogP contribution >= 0.6 is 11.8 Å². The Kier molecular flexibility index (Phi) is 6.99. The molecular weight excluding hydrogens is 424 g/mol. The van der Waals surface area contributed by atoms with Crippen LogP contribution in [-0.2, 0) is 0 Å². The molecule has 0 saturated carbocycles. The third-order valence-corrected chi connectivity index (χ3v) is 7.63. The van der Waals surface area contributed by atoms with Crippen molar-refractivity contribution in [3.63, 3.8) is 0 Å². The van der Waals surface area contributed by atoms with Crippen LogP contribution in [0.15, 0.2) is 108 Å². The molecule has 0 N–H and O–H groups in total. The number of Topliss-reactive ketones (excluding diaryl/α,β-unsaturated/α-hetero) is 2. The number of hydrogen-bond acceptors (Lipinski definition) is 3. The van der Waals surface area contributed by atoms with Crippen LogP contribution in [0, 0.1) is 10.8 Å². The number of allylic oxidation sites excluding steroid dienone is 6. The van der Waals surface area contributed by atoms with Gasteiger partial charge in [0.15, 0.2) is 11.6 Å². The van der Waals surface area contributed by atoms with Crippen LogP contribution in [0.2, 0.25) is 0 Å². The van der Waals surface area contributed by atoms with Gasteiger partial charge in [-0.1, -0.05) is 97.1 Å². The molecule has 0 heterocycles. The van der Waals surface area contributed by atoms with Gasteiger partial charge in [0.1, 0.15) is 0 Å². The van der Waals surface area contributed by atoms with E-state index in [0.29, 0.717) is 0 Å². The number of hydrogen-bond donors (Lipinski definition) is 0. The normalized spacial score (nSPS) is 24.2. The number of carbonyl (C=O) groups excluding carboxylic acids is 2. The molecule has 0 radical (unpaired) electrons. The summed E-state index contributed by atoms with van der Waals surface area (Å²) in [5.41, 5.74) is 3.12. The maximum Gasteiger partial charge on any atom is 0.172 e. The summed E-state index contributed by atoms with van der Waals surface area (Å²) in [7, 11) is 0. The Morgan fingerprint density at radius 2 is 1.09 bits per heavy atom. The molecular formula is C30H30O2S. The van der Waals surface area contributed by atoms with Gasteiger partial charge in [-0.05, 0) is 37.8 Å². The van der Waals surface area contributed by atoms with Crippen molar-refractivity contribution in [3.8, 4) is 0 Å². The van der Waals surface area contributed by atoms with E-state index in [2.05, 4.69) is 36.5 Å². The van der Waals surface area contributed by atoms with Crippen molar-refractivity contribution in [1.82, 2.24) is 0 Å². The number of ketones is 2. The zero-order valence-corrected chi connectivity index (χ0v) is 20.1. The van der Waals surface area contributed by atoms with Crippen LogP contribution < -0.4 is 0 Å². The Morgan fingerprint density at radius 1 is 0.697 bits per heavy atom. The van der Waals surface area contributed by atoms with Crippen molar-refractivity contribution in [2.45, 2.75) is 26.7 Å². The van der Waals surface area contributed by atoms with Crippen molar-refractivity contribution >= 4 is 23.3 Å². The van der Waals surface area contributed by atoms with Crippen molar-refractivity contribution in [2.75, 3.05) is 11.5 Å². The fourth-order valence-electron chi connectivity index (χ4n) is 4.22. The average molecular weight is 455 g/mol. The van der Waals surface area contributed by atoms with Gasteiger partial charge in [-0.3, -0.25) is 9.59 Å². The molecule has 2 aromatic carbocycles. The highest BCUT2D eigenvalue weighted by atomic mass is 32.2. The first-order chi connectivity index (χ1) is 15.9. The summed E-state index contributed by atoms with van der Waals surface area (Å²) in [5, 5.41) is 0. The maximum atomic E-state index is 12.9. The van der Waals surface area contributed by atoms with Gasteiger partial charge in [0.2, 0.25) is 0 Å². The third kappa shape index (κ3) is 5.36. The first kappa shape index (κ1) is 23.3. The lowest BCUT2D eigenvalue weighted by Crippen LogP contribution is -2.27. The molecule has 0 aromatic heterocycles. The van der Waals surface area contributed by atoms with Crippen molar-refractivity contribution in [3.05, 3.63) is 119 Å². The van der Waals surface area contributed by atoms with E-state index in [1.54, 1.807) is 0 Å². The minimum atomic E-state index is -0.472. The van der Waals surface area contributed by atoms with E-state index in [0.717, 1.165) is 35.5 Å². The van der Waals surface area contributed by atoms with Gasteiger partial charge in [-0.15, -0.1) is 0 Å². The molecule has 2 aromatic rings. The van der Waals surface area contributed by atoms with Gasteiger partial charge in [-0.2, -0.15) is 11.8 Å². The fourth-order valence-corrected chi connectivity index (χ4v) is 5.22. The lowest BCUT2D eigenvalue weighted by Gasteiger charge is -2.27. The lowest BCUT2D eigenvalue weighted by molar-refractivity contribution is 0.0863. The molecule has 2 nitrogen and oxygen atoms in total. The second kappa shape index (κ2) is 9.93. The highest BCUT2D eigenvalue weighted by Crippen LogP contribution is 2.36. The Bertz CT molecular complexity index is 1050. The Labute approximate surface area is 201 Å². The summed E-state index contributed by atoms with van der Waals surface area (Å²) in [6.45, 7) is 4.04. The second-order valence-electron chi connectivity index (χ2n) is 9.35. The van der Waals surface area contributed by atoms with Crippen LogP contribution in [0.5, 0.6) is 0 Å². The molecule has 0 bridgehead atoms. The van der Waals surface area contributed by atoms with E-state index >= 15 is 0 Å². The number of carbonyl (C=O) groups is 2. The molecule has 2 atom stereocenters. The van der Waals surface area contributed by atoms with Gasteiger partial charge in [0.05, 0.1) is 10.8 Å². The smallest absolute Gasteiger partial charge is 0.172 e. The quantitative estimate of drug-likeness (QED) is 0.393. The van der Waals surface area contributed by atoms with E-state index in [-0.39, 0.29) is 11.6 Å². The van der Waals surface area contributed by atoms with Crippen LogP contribution in [0.4, 0.5) is 0 Å². The molecule has 2 unspecified atom stereocenters. The third-order valence-electron chi connectivity index (χ3n) is 6.55. The summed E-state index contributed by atoms with van der Waals surface area (Å²) >= 11 is 1.87. The molecule has 0 spiro atoms. The van der Waals surface area contributed by atoms with E-state index in [4.69, 9.17) is 0 Å². The molecule has 0 amide bonds. The summed E-state index contributed by atoms with van der Waals surface area (Å²) in [6, 6.07) is 19.1. The first-order valence-electron chi connectivity index (χ1n) is 11.4. The summed E-state index contributed by atoms with van der Waals surface area (Å²) in [5.74, 6) is 2.18. The van der Waals surface area contributed by atoms with Crippen LogP contribution in [0.25, 0.3) is 0 Å². The summed E-state index contributed by atoms with van der Waals surface area (Å²) in [6.07, 6.45) is 14.2. The molecule has 2 aliphatic carbocycles. The predicted molar refractivity (Wildman–Crippen MR) is 139 cm³/mol. The monoisotopic (exact) mass is 454 g/mol. The Balaban J connectivity index is 1.27. The summed E-state index contributed by atoms with van der Waals surface area (Å²) < 4.78 is 0. The highest BCUT2D eigenvalue weighted by Gasteiger charge is 2.33. The highest BCUT2D eigenvalue weighted by molar-refractivity contribution is 7.99. The number of benzene rings is 2. The SMILES string of the molecule is CC1(C(=O)c2ccccc2)C=CC(CSCC2=CCC(C)(C(=O)c3ccccc3)C=C2)=CC1. The largest absolute Gasteiger partial charge is 0.293 e. The zero-order valence-electron chi connectivity index (χ0n) is 19.3. The van der Waals surface area contributed by atoms with Crippen LogP contribution in [-0.4, -0.2) is 23.1 Å². The molecule has 4 rings (SSSR count). The van der Waals surface area contributed by atoms with Gasteiger partial charge < -0.3 is 0 Å². The molecule has 0 aliphatic heterocycles. The zero-order chi connectivity index (χ0) is 23.3. The number of thioether (sulfide) groups is 1. The Hall–Kier alpha value is -2.91. The number of rotatable bonds is 8. The van der Waals surface area contributed by atoms with Gasteiger partial charge in [-0.25, -0.2) is 0 Å². The molecule has 33 heavy (non-hydrogen) atoms. The standard InChI is InChI=1S/C30H30O2S/c1-29(27(31)25-9-5-3-6-10-25)17-13-23(14-18-29)21-33-22-24-15-19-30(2,20-16-24)28(32)26-11-7-4-8-12-26/h3-17,19H,18,20-22H2,1-2H3. The molecule has 2 aliphatic rings. The molecule has 0 saturated heterocycles. The van der Waals surface area contributed by atoms with Gasteiger partial charge in [0.25, 0.3) is 0 Å². The average Bonchev–Trinajstić information content (AvgIpc) is 2.87. The van der Waals surface area contributed by atoms with E-state index in [1.165, 1.54) is 11.1 Å². The fraction of sp³-hybridized carbons (Fsp3) is 0.267. The van der Waals surface area contributed by atoms with Crippen LogP contribution in [0.3, 0.4) is 0 Å². The maximum absolute atomic E-state index is 12.9. The van der Waals surface area contributed by atoms with Crippen molar-refractivity contribution in [1.29, 1.82) is 0 Å². The van der Waals surface area contributed by atoms with E-state index in [1.807, 2.05) is 86.3 Å². The van der Waals surface area contributed by atoms with E-state index < -0.39 is 10.8 Å². The van der Waals surface area contributed by atoms with Gasteiger partial charge >= 0.3 is 0 Å². The predicted octanol–water partition coefficient (Wildman–Crippen LogP) is 7.27. The van der Waals surface area contributed by atoms with Gasteiger partial charge in [0, 0.05) is 22.6 Å². The van der Waals surface area contributed by atoms with Crippen molar-refractivity contribution in [2.24, 2.45) is 10.8 Å². The van der Waals surface area contributed by atoms with E-state index in [9.17, 15) is 9.59 Å². The minimum Gasteiger partial charge on any atom is -0.293 e. The molecule has 3 heteroatoms. The molecule has 0 fully saturated rings. The second-order valence-corrected chi connectivity index (χ2v) is 10.3. The summed E-state index contributed by atoms with van der Waals surface area (Å²) in [4.78, 5) is 25.8. The first-order valence-corrected chi connectivity index (χ1v) is 12.6. The van der Waals surface area contributed by atoms with Crippen LogP contribution in [0.1, 0.15) is 47.4 Å². The minimum absolute atomic E-state index is 0.174. The lowest BCUT2D eigenvalue weighted by atomic mass is 9.76. The molecule has 168 valence electrons. The Morgan fingerprint density at radius 3 is 1.42 bits per heavy atom. The topological polar surface area (TPSA) is 34.1 Å². The van der Waals surface area contributed by atoms with Crippen molar-refractivity contribution < 1.29 is 9.59 Å².